The van der Waals surface area contributed by atoms with Gasteiger partial charge >= 0.3 is 0 Å². The quantitative estimate of drug-likeness (QED) is 0.449. The Morgan fingerprint density at radius 1 is 1.11 bits per heavy atom. The van der Waals surface area contributed by atoms with Gasteiger partial charge in [0.1, 0.15) is 5.82 Å². The number of amides is 1. The summed E-state index contributed by atoms with van der Waals surface area (Å²) in [6.45, 7) is 0. The van der Waals surface area contributed by atoms with Crippen LogP contribution in [-0.2, 0) is 4.79 Å². The summed E-state index contributed by atoms with van der Waals surface area (Å²) in [5, 5.41) is 6.41. The first kappa shape index (κ1) is 17.2. The predicted molar refractivity (Wildman–Crippen MR) is 106 cm³/mol. The zero-order valence-electron chi connectivity index (χ0n) is 14.3. The fourth-order valence-electron chi connectivity index (χ4n) is 2.68. The Morgan fingerprint density at radius 3 is 2.70 bits per heavy atom. The first-order valence-corrected chi connectivity index (χ1v) is 9.42. The van der Waals surface area contributed by atoms with Crippen molar-refractivity contribution in [2.75, 3.05) is 11.1 Å². The number of para-hydroxylation sites is 3. The van der Waals surface area contributed by atoms with Crippen molar-refractivity contribution in [1.82, 2.24) is 19.7 Å². The number of hydrogen-bond acceptors (Lipinski definition) is 4. The van der Waals surface area contributed by atoms with Crippen molar-refractivity contribution in [3.63, 3.8) is 0 Å². The van der Waals surface area contributed by atoms with E-state index in [9.17, 15) is 9.59 Å². The minimum Gasteiger partial charge on any atom is -0.333 e. The largest absolute Gasteiger partial charge is 0.333 e. The van der Waals surface area contributed by atoms with Crippen LogP contribution < -0.4 is 10.9 Å². The number of anilines is 1. The SMILES string of the molecule is O=C(CCSc1nc2ccccc2[nH]1)Nc1cc(=O)n(-c2ccccc2)[nH]1. The van der Waals surface area contributed by atoms with Crippen molar-refractivity contribution in [3.05, 3.63) is 71.0 Å². The van der Waals surface area contributed by atoms with Crippen LogP contribution in [0.3, 0.4) is 0 Å². The Labute approximate surface area is 158 Å². The highest BCUT2D eigenvalue weighted by atomic mass is 32.2. The number of thioether (sulfide) groups is 1. The highest BCUT2D eigenvalue weighted by Crippen LogP contribution is 2.19. The molecule has 4 aromatic rings. The third kappa shape index (κ3) is 3.95. The second kappa shape index (κ2) is 7.55. The van der Waals surface area contributed by atoms with Gasteiger partial charge in [-0.25, -0.2) is 9.67 Å². The molecule has 4 rings (SSSR count). The van der Waals surface area contributed by atoms with Crippen LogP contribution in [0.25, 0.3) is 16.7 Å². The number of carbonyl (C=O) groups excluding carboxylic acids is 1. The van der Waals surface area contributed by atoms with Crippen molar-refractivity contribution in [1.29, 1.82) is 0 Å². The number of nitrogens with zero attached hydrogens (tertiary/aromatic N) is 2. The van der Waals surface area contributed by atoms with Crippen molar-refractivity contribution >= 4 is 34.5 Å². The summed E-state index contributed by atoms with van der Waals surface area (Å²) >= 11 is 1.49. The van der Waals surface area contributed by atoms with Gasteiger partial charge in [0.05, 0.1) is 16.7 Å². The van der Waals surface area contributed by atoms with E-state index in [0.29, 0.717) is 23.7 Å². The van der Waals surface area contributed by atoms with Gasteiger partial charge in [0.25, 0.3) is 5.56 Å². The lowest BCUT2D eigenvalue weighted by Crippen LogP contribution is -2.13. The predicted octanol–water partition coefficient (Wildman–Crippen LogP) is 3.16. The summed E-state index contributed by atoms with van der Waals surface area (Å²) in [6, 6.07) is 18.4. The number of H-pyrrole nitrogens is 2. The number of carbonyl (C=O) groups is 1. The lowest BCUT2D eigenvalue weighted by atomic mass is 10.3. The Bertz CT molecular complexity index is 1100. The molecule has 0 aliphatic carbocycles. The molecule has 7 nitrogen and oxygen atoms in total. The first-order chi connectivity index (χ1) is 13.2. The van der Waals surface area contributed by atoms with E-state index in [-0.39, 0.29) is 11.5 Å². The Kier molecular flexibility index (Phi) is 4.80. The van der Waals surface area contributed by atoms with Crippen molar-refractivity contribution < 1.29 is 4.79 Å². The average molecular weight is 379 g/mol. The fourth-order valence-corrected chi connectivity index (χ4v) is 3.51. The van der Waals surface area contributed by atoms with Crippen LogP contribution in [0.5, 0.6) is 0 Å². The Morgan fingerprint density at radius 2 is 1.89 bits per heavy atom. The molecule has 0 fully saturated rings. The molecule has 0 bridgehead atoms. The van der Waals surface area contributed by atoms with E-state index >= 15 is 0 Å². The van der Waals surface area contributed by atoms with Crippen molar-refractivity contribution in [2.45, 2.75) is 11.6 Å². The van der Waals surface area contributed by atoms with Gasteiger partial charge in [0.15, 0.2) is 5.16 Å². The Hall–Kier alpha value is -3.26. The summed E-state index contributed by atoms with van der Waals surface area (Å²) in [5.41, 5.74) is 2.37. The number of fused-ring (bicyclic) bond motifs is 1. The topological polar surface area (TPSA) is 95.6 Å². The standard InChI is InChI=1S/C19H17N5O2S/c25-17(10-11-27-19-20-14-8-4-5-9-15(14)21-19)22-16-12-18(26)24(23-16)13-6-2-1-3-7-13/h1-9,12,23H,10-11H2,(H,20,21)(H,22,25). The van der Waals surface area contributed by atoms with Gasteiger partial charge in [-0.1, -0.05) is 42.1 Å². The summed E-state index contributed by atoms with van der Waals surface area (Å²) < 4.78 is 1.39. The molecule has 8 heteroatoms. The molecule has 0 saturated heterocycles. The van der Waals surface area contributed by atoms with E-state index in [4.69, 9.17) is 0 Å². The lowest BCUT2D eigenvalue weighted by Gasteiger charge is -2.03. The lowest BCUT2D eigenvalue weighted by molar-refractivity contribution is -0.115. The highest BCUT2D eigenvalue weighted by Gasteiger charge is 2.09. The number of imidazole rings is 1. The maximum Gasteiger partial charge on any atom is 0.273 e. The molecule has 1 amide bonds. The number of nitrogens with one attached hydrogen (secondary N) is 3. The summed E-state index contributed by atoms with van der Waals surface area (Å²) in [7, 11) is 0. The molecule has 2 aromatic carbocycles. The molecule has 27 heavy (non-hydrogen) atoms. The van der Waals surface area contributed by atoms with Gasteiger partial charge in [0.2, 0.25) is 5.91 Å². The second-order valence-electron chi connectivity index (χ2n) is 5.88. The van der Waals surface area contributed by atoms with Crippen LogP contribution in [0.2, 0.25) is 0 Å². The van der Waals surface area contributed by atoms with Gasteiger partial charge in [-0.3, -0.25) is 14.7 Å². The van der Waals surface area contributed by atoms with E-state index in [1.807, 2.05) is 54.6 Å². The van der Waals surface area contributed by atoms with Crippen LogP contribution in [0.15, 0.2) is 70.6 Å². The molecule has 2 heterocycles. The van der Waals surface area contributed by atoms with Crippen LogP contribution in [0, 0.1) is 0 Å². The van der Waals surface area contributed by atoms with E-state index < -0.39 is 0 Å². The van der Waals surface area contributed by atoms with Crippen LogP contribution in [0.4, 0.5) is 5.82 Å². The number of rotatable bonds is 6. The van der Waals surface area contributed by atoms with Gasteiger partial charge in [-0.15, -0.1) is 0 Å². The summed E-state index contributed by atoms with van der Waals surface area (Å²) in [5.74, 6) is 0.789. The first-order valence-electron chi connectivity index (χ1n) is 8.44. The van der Waals surface area contributed by atoms with Gasteiger partial charge in [-0.2, -0.15) is 0 Å². The average Bonchev–Trinajstić information content (AvgIpc) is 3.25. The molecule has 0 aliphatic rings. The minimum absolute atomic E-state index is 0.167. The molecule has 2 aromatic heterocycles. The van der Waals surface area contributed by atoms with Gasteiger partial charge in [-0.05, 0) is 24.3 Å². The van der Waals surface area contributed by atoms with E-state index in [0.717, 1.165) is 16.2 Å². The molecular formula is C19H17N5O2S. The van der Waals surface area contributed by atoms with Gasteiger partial charge < -0.3 is 10.3 Å². The molecule has 0 unspecified atom stereocenters. The number of hydrogen-bond donors (Lipinski definition) is 3. The fraction of sp³-hybridized carbons (Fsp3) is 0.105. The maximum atomic E-state index is 12.1. The third-order valence-corrected chi connectivity index (χ3v) is 4.82. The van der Waals surface area contributed by atoms with Crippen molar-refractivity contribution in [2.24, 2.45) is 0 Å². The smallest absolute Gasteiger partial charge is 0.273 e. The highest BCUT2D eigenvalue weighted by molar-refractivity contribution is 7.99. The molecule has 0 saturated carbocycles. The maximum absolute atomic E-state index is 12.1. The normalized spacial score (nSPS) is 11.0. The molecule has 136 valence electrons. The number of aromatic nitrogens is 4. The zero-order chi connectivity index (χ0) is 18.6. The van der Waals surface area contributed by atoms with Crippen molar-refractivity contribution in [3.8, 4) is 5.69 Å². The number of aromatic amines is 2. The van der Waals surface area contributed by atoms with E-state index in [2.05, 4.69) is 20.4 Å². The molecule has 0 radical (unpaired) electrons. The van der Waals surface area contributed by atoms with E-state index in [1.165, 1.54) is 22.5 Å². The van der Waals surface area contributed by atoms with Gasteiger partial charge in [0, 0.05) is 18.2 Å². The van der Waals surface area contributed by atoms with Crippen LogP contribution >= 0.6 is 11.8 Å². The minimum atomic E-state index is -0.229. The monoisotopic (exact) mass is 379 g/mol. The van der Waals surface area contributed by atoms with E-state index in [1.54, 1.807) is 0 Å². The molecule has 3 N–H and O–H groups in total. The summed E-state index contributed by atoms with van der Waals surface area (Å²) in [4.78, 5) is 31.9. The molecule has 0 spiro atoms. The Balaban J connectivity index is 1.34. The molecule has 0 aliphatic heterocycles. The number of benzene rings is 2. The molecule has 0 atom stereocenters. The summed E-state index contributed by atoms with van der Waals surface area (Å²) in [6.07, 6.45) is 0.306. The van der Waals surface area contributed by atoms with Crippen LogP contribution in [0.1, 0.15) is 6.42 Å². The zero-order valence-corrected chi connectivity index (χ0v) is 15.1. The van der Waals surface area contributed by atoms with Crippen LogP contribution in [-0.4, -0.2) is 31.4 Å². The third-order valence-electron chi connectivity index (χ3n) is 3.94. The second-order valence-corrected chi connectivity index (χ2v) is 6.97. The molecular weight excluding hydrogens is 362 g/mol.